The van der Waals surface area contributed by atoms with Crippen molar-refractivity contribution in [3.63, 3.8) is 0 Å². The molecule has 1 aliphatic heterocycles. The summed E-state index contributed by atoms with van der Waals surface area (Å²) in [7, 11) is 1.68. The van der Waals surface area contributed by atoms with E-state index in [1.807, 2.05) is 24.3 Å². The van der Waals surface area contributed by atoms with Crippen LogP contribution in [0.4, 0.5) is 5.82 Å². The fourth-order valence-corrected chi connectivity index (χ4v) is 2.84. The summed E-state index contributed by atoms with van der Waals surface area (Å²) in [5, 5.41) is 8.86. The number of pyridine rings is 1. The van der Waals surface area contributed by atoms with Gasteiger partial charge in [-0.15, -0.1) is 0 Å². The molecule has 2 heterocycles. The molecule has 0 spiro atoms. The van der Waals surface area contributed by atoms with E-state index in [0.717, 1.165) is 31.0 Å². The van der Waals surface area contributed by atoms with Gasteiger partial charge in [-0.2, -0.15) is 5.26 Å². The smallest absolute Gasteiger partial charge is 0.129 e. The Morgan fingerprint density at radius 2 is 2.05 bits per heavy atom. The van der Waals surface area contributed by atoms with E-state index in [2.05, 4.69) is 28.1 Å². The average Bonchev–Trinajstić information content (AvgIpc) is 3.04. The summed E-state index contributed by atoms with van der Waals surface area (Å²) in [5.74, 6) is 1.81. The van der Waals surface area contributed by atoms with Gasteiger partial charge in [-0.1, -0.05) is 12.1 Å². The summed E-state index contributed by atoms with van der Waals surface area (Å²) in [6, 6.07) is 14.4. The van der Waals surface area contributed by atoms with Crippen LogP contribution in [0.5, 0.6) is 5.75 Å². The van der Waals surface area contributed by atoms with Gasteiger partial charge in [0.15, 0.2) is 0 Å². The number of aromatic nitrogens is 1. The van der Waals surface area contributed by atoms with Crippen LogP contribution in [-0.2, 0) is 0 Å². The molecule has 1 aliphatic rings. The Kier molecular flexibility index (Phi) is 3.74. The van der Waals surface area contributed by atoms with Gasteiger partial charge >= 0.3 is 0 Å². The van der Waals surface area contributed by atoms with Crippen molar-refractivity contribution in [3.8, 4) is 11.8 Å². The van der Waals surface area contributed by atoms with Crippen molar-refractivity contribution < 1.29 is 4.74 Å². The third kappa shape index (κ3) is 2.68. The van der Waals surface area contributed by atoms with Crippen LogP contribution in [0.25, 0.3) is 0 Å². The van der Waals surface area contributed by atoms with Gasteiger partial charge in [0.1, 0.15) is 17.6 Å². The molecule has 1 aromatic heterocycles. The zero-order valence-corrected chi connectivity index (χ0v) is 12.0. The van der Waals surface area contributed by atoms with E-state index in [-0.39, 0.29) is 0 Å². The van der Waals surface area contributed by atoms with E-state index in [4.69, 9.17) is 10.00 Å². The third-order valence-electron chi connectivity index (χ3n) is 3.92. The average molecular weight is 279 g/mol. The zero-order valence-electron chi connectivity index (χ0n) is 12.0. The van der Waals surface area contributed by atoms with E-state index < -0.39 is 0 Å². The van der Waals surface area contributed by atoms with Crippen molar-refractivity contribution in [1.82, 2.24) is 4.98 Å². The Morgan fingerprint density at radius 3 is 2.67 bits per heavy atom. The quantitative estimate of drug-likeness (QED) is 0.865. The first kappa shape index (κ1) is 13.4. The Hall–Kier alpha value is -2.54. The Labute approximate surface area is 124 Å². The molecule has 0 bridgehead atoms. The van der Waals surface area contributed by atoms with E-state index in [0.29, 0.717) is 11.6 Å². The maximum absolute atomic E-state index is 8.86. The number of nitriles is 1. The molecule has 1 atom stereocenters. The molecule has 1 saturated heterocycles. The van der Waals surface area contributed by atoms with Gasteiger partial charge in [-0.3, -0.25) is 0 Å². The lowest BCUT2D eigenvalue weighted by Gasteiger charge is -2.26. The second-order valence-electron chi connectivity index (χ2n) is 5.14. The number of nitrogens with zero attached hydrogens (tertiary/aromatic N) is 3. The third-order valence-corrected chi connectivity index (χ3v) is 3.92. The van der Waals surface area contributed by atoms with E-state index in [1.165, 1.54) is 5.56 Å². The predicted molar refractivity (Wildman–Crippen MR) is 81.3 cm³/mol. The molecule has 106 valence electrons. The van der Waals surface area contributed by atoms with Crippen molar-refractivity contribution in [1.29, 1.82) is 5.26 Å². The number of hydrogen-bond acceptors (Lipinski definition) is 4. The van der Waals surface area contributed by atoms with Crippen molar-refractivity contribution in [2.24, 2.45) is 0 Å². The fourth-order valence-electron chi connectivity index (χ4n) is 2.84. The van der Waals surface area contributed by atoms with E-state index >= 15 is 0 Å². The monoisotopic (exact) mass is 279 g/mol. The van der Waals surface area contributed by atoms with Crippen LogP contribution in [0.2, 0.25) is 0 Å². The molecule has 0 amide bonds. The number of anilines is 1. The molecule has 4 heteroatoms. The maximum Gasteiger partial charge on any atom is 0.129 e. The lowest BCUT2D eigenvalue weighted by Crippen LogP contribution is -2.23. The molecule has 1 fully saturated rings. The molecule has 0 saturated carbocycles. The fraction of sp³-hybridized carbons (Fsp3) is 0.294. The highest BCUT2D eigenvalue weighted by Crippen LogP contribution is 2.35. The zero-order chi connectivity index (χ0) is 14.7. The molecule has 2 aromatic rings. The van der Waals surface area contributed by atoms with Crippen LogP contribution in [0.15, 0.2) is 42.6 Å². The van der Waals surface area contributed by atoms with E-state index in [9.17, 15) is 0 Å². The summed E-state index contributed by atoms with van der Waals surface area (Å²) in [5.41, 5.74) is 1.87. The first-order chi connectivity index (χ1) is 10.3. The lowest BCUT2D eigenvalue weighted by molar-refractivity contribution is 0.414. The Balaban J connectivity index is 1.85. The summed E-state index contributed by atoms with van der Waals surface area (Å²) in [6.07, 6.45) is 3.91. The van der Waals surface area contributed by atoms with Crippen LogP contribution >= 0.6 is 0 Å². The molecule has 21 heavy (non-hydrogen) atoms. The number of benzene rings is 1. The molecule has 0 N–H and O–H groups in total. The molecule has 1 aromatic carbocycles. The van der Waals surface area contributed by atoms with Crippen molar-refractivity contribution in [2.45, 2.75) is 18.9 Å². The van der Waals surface area contributed by atoms with Gasteiger partial charge < -0.3 is 9.64 Å². The minimum Gasteiger partial charge on any atom is -0.497 e. The van der Waals surface area contributed by atoms with Crippen LogP contribution in [-0.4, -0.2) is 18.6 Å². The van der Waals surface area contributed by atoms with Crippen LogP contribution in [0.1, 0.15) is 30.0 Å². The van der Waals surface area contributed by atoms with Gasteiger partial charge in [-0.05, 0) is 42.7 Å². The summed E-state index contributed by atoms with van der Waals surface area (Å²) in [6.45, 7) is 0.996. The number of hydrogen-bond donors (Lipinski definition) is 0. The van der Waals surface area contributed by atoms with Crippen LogP contribution in [0, 0.1) is 11.3 Å². The number of rotatable bonds is 3. The first-order valence-corrected chi connectivity index (χ1v) is 7.08. The van der Waals surface area contributed by atoms with Crippen LogP contribution < -0.4 is 9.64 Å². The highest BCUT2D eigenvalue weighted by Gasteiger charge is 2.26. The van der Waals surface area contributed by atoms with E-state index in [1.54, 1.807) is 13.3 Å². The predicted octanol–water partition coefficient (Wildman–Crippen LogP) is 3.30. The molecular weight excluding hydrogens is 262 g/mol. The van der Waals surface area contributed by atoms with Gasteiger partial charge in [0.25, 0.3) is 0 Å². The second kappa shape index (κ2) is 5.84. The Morgan fingerprint density at radius 1 is 1.24 bits per heavy atom. The van der Waals surface area contributed by atoms with Crippen molar-refractivity contribution >= 4 is 5.82 Å². The van der Waals surface area contributed by atoms with Gasteiger partial charge in [-0.25, -0.2) is 4.98 Å². The molecule has 0 radical (unpaired) electrons. The standard InChI is InChI=1S/C17H17N3O/c1-21-15-7-5-14(6-8-15)16-3-2-10-20(16)17-9-4-13(11-18)12-19-17/h4-9,12,16H,2-3,10H2,1H3. The Bertz CT molecular complexity index is 643. The topological polar surface area (TPSA) is 49.1 Å². The number of ether oxygens (including phenoxy) is 1. The van der Waals surface area contributed by atoms with Crippen molar-refractivity contribution in [2.75, 3.05) is 18.6 Å². The highest BCUT2D eigenvalue weighted by molar-refractivity contribution is 5.46. The molecule has 1 unspecified atom stereocenters. The normalized spacial score (nSPS) is 17.5. The van der Waals surface area contributed by atoms with Gasteiger partial charge in [0.2, 0.25) is 0 Å². The minimum absolute atomic E-state index is 0.344. The molecular formula is C17H17N3O. The largest absolute Gasteiger partial charge is 0.497 e. The van der Waals surface area contributed by atoms with Crippen LogP contribution in [0.3, 0.4) is 0 Å². The second-order valence-corrected chi connectivity index (χ2v) is 5.14. The lowest BCUT2D eigenvalue weighted by atomic mass is 10.0. The SMILES string of the molecule is COc1ccc(C2CCCN2c2ccc(C#N)cn2)cc1. The van der Waals surface area contributed by atoms with Gasteiger partial charge in [0.05, 0.1) is 18.7 Å². The maximum atomic E-state index is 8.86. The summed E-state index contributed by atoms with van der Waals surface area (Å²) < 4.78 is 5.21. The minimum atomic E-state index is 0.344. The molecule has 4 nitrogen and oxygen atoms in total. The first-order valence-electron chi connectivity index (χ1n) is 7.08. The summed E-state index contributed by atoms with van der Waals surface area (Å²) in [4.78, 5) is 6.73. The number of methoxy groups -OCH3 is 1. The molecule has 0 aliphatic carbocycles. The van der Waals surface area contributed by atoms with Gasteiger partial charge in [0, 0.05) is 12.7 Å². The highest BCUT2D eigenvalue weighted by atomic mass is 16.5. The molecule has 3 rings (SSSR count). The van der Waals surface area contributed by atoms with Crippen molar-refractivity contribution in [3.05, 3.63) is 53.7 Å². The summed E-state index contributed by atoms with van der Waals surface area (Å²) >= 11 is 0.